The van der Waals surface area contributed by atoms with Crippen LogP contribution < -0.4 is 5.32 Å². The van der Waals surface area contributed by atoms with Crippen LogP contribution in [0.3, 0.4) is 0 Å². The molecule has 0 amide bonds. The van der Waals surface area contributed by atoms with Gasteiger partial charge in [-0.3, -0.25) is 4.90 Å². The van der Waals surface area contributed by atoms with Gasteiger partial charge in [0.05, 0.1) is 0 Å². The smallest absolute Gasteiger partial charge is 0.0233 e. The fourth-order valence-electron chi connectivity index (χ4n) is 2.86. The average molecular weight is 260 g/mol. The van der Waals surface area contributed by atoms with Crippen LogP contribution in [0.2, 0.25) is 0 Å². The lowest BCUT2D eigenvalue weighted by Crippen LogP contribution is -2.25. The minimum absolute atomic E-state index is 0.760. The molecule has 2 rings (SSSR count). The van der Waals surface area contributed by atoms with Crippen molar-refractivity contribution in [1.29, 1.82) is 0 Å². The fraction of sp³-hybridized carbons (Fsp3) is 0.647. The molecule has 0 aliphatic heterocycles. The maximum absolute atomic E-state index is 3.67. The highest BCUT2D eigenvalue weighted by molar-refractivity contribution is 5.22. The van der Waals surface area contributed by atoms with E-state index in [0.717, 1.165) is 32.2 Å². The summed E-state index contributed by atoms with van der Waals surface area (Å²) in [5, 5.41) is 3.67. The Hall–Kier alpha value is -0.860. The van der Waals surface area contributed by atoms with Crippen LogP contribution >= 0.6 is 0 Å². The molecule has 2 heteroatoms. The van der Waals surface area contributed by atoms with E-state index in [2.05, 4.69) is 48.3 Å². The summed E-state index contributed by atoms with van der Waals surface area (Å²) in [4.78, 5) is 2.45. The first-order chi connectivity index (χ1) is 9.31. The SMILES string of the molecule is CCN(CC)Cc1ccc(CNC2CCCC2)cc1. The van der Waals surface area contributed by atoms with Crippen molar-refractivity contribution >= 4 is 0 Å². The van der Waals surface area contributed by atoms with Crippen LogP contribution in [0.25, 0.3) is 0 Å². The Morgan fingerprint density at radius 1 is 1.00 bits per heavy atom. The molecule has 1 aromatic carbocycles. The number of nitrogens with one attached hydrogen (secondary N) is 1. The summed E-state index contributed by atoms with van der Waals surface area (Å²) < 4.78 is 0. The summed E-state index contributed by atoms with van der Waals surface area (Å²) in [6.45, 7) is 8.80. The highest BCUT2D eigenvalue weighted by Gasteiger charge is 2.13. The van der Waals surface area contributed by atoms with Gasteiger partial charge in [0.15, 0.2) is 0 Å². The van der Waals surface area contributed by atoms with E-state index < -0.39 is 0 Å². The third kappa shape index (κ3) is 4.63. The predicted molar refractivity (Wildman–Crippen MR) is 82.2 cm³/mol. The molecule has 0 saturated heterocycles. The van der Waals surface area contributed by atoms with Crippen molar-refractivity contribution in [3.63, 3.8) is 0 Å². The molecule has 106 valence electrons. The highest BCUT2D eigenvalue weighted by atomic mass is 15.1. The Kier molecular flexibility index (Phi) is 5.87. The van der Waals surface area contributed by atoms with Gasteiger partial charge in [0, 0.05) is 19.1 Å². The third-order valence-electron chi connectivity index (χ3n) is 4.27. The standard InChI is InChI=1S/C17H28N2/c1-3-19(4-2)14-16-11-9-15(10-12-16)13-18-17-7-5-6-8-17/h9-12,17-18H,3-8,13-14H2,1-2H3. The van der Waals surface area contributed by atoms with Crippen LogP contribution in [0.15, 0.2) is 24.3 Å². The van der Waals surface area contributed by atoms with Crippen LogP contribution in [0, 0.1) is 0 Å². The van der Waals surface area contributed by atoms with E-state index in [1.54, 1.807) is 0 Å². The van der Waals surface area contributed by atoms with Gasteiger partial charge in [-0.05, 0) is 37.1 Å². The number of nitrogens with zero attached hydrogens (tertiary/aromatic N) is 1. The first-order valence-corrected chi connectivity index (χ1v) is 7.85. The Bertz CT molecular complexity index is 348. The Balaban J connectivity index is 1.80. The predicted octanol–water partition coefficient (Wildman–Crippen LogP) is 3.56. The van der Waals surface area contributed by atoms with E-state index in [1.807, 2.05) is 0 Å². The molecule has 0 spiro atoms. The summed E-state index contributed by atoms with van der Waals surface area (Å²) in [5.41, 5.74) is 2.84. The quantitative estimate of drug-likeness (QED) is 0.806. The van der Waals surface area contributed by atoms with E-state index in [9.17, 15) is 0 Å². The zero-order chi connectivity index (χ0) is 13.5. The normalized spacial score (nSPS) is 16.4. The molecular weight excluding hydrogens is 232 g/mol. The number of rotatable bonds is 7. The molecule has 0 aromatic heterocycles. The molecule has 19 heavy (non-hydrogen) atoms. The van der Waals surface area contributed by atoms with Crippen molar-refractivity contribution < 1.29 is 0 Å². The largest absolute Gasteiger partial charge is 0.310 e. The van der Waals surface area contributed by atoms with Crippen LogP contribution in [0.4, 0.5) is 0 Å². The second kappa shape index (κ2) is 7.66. The van der Waals surface area contributed by atoms with Crippen molar-refractivity contribution in [2.24, 2.45) is 0 Å². The zero-order valence-electron chi connectivity index (χ0n) is 12.5. The molecule has 0 bridgehead atoms. The first-order valence-electron chi connectivity index (χ1n) is 7.85. The van der Waals surface area contributed by atoms with Crippen LogP contribution in [0.5, 0.6) is 0 Å². The molecule has 1 aliphatic carbocycles. The Morgan fingerprint density at radius 3 is 2.16 bits per heavy atom. The lowest BCUT2D eigenvalue weighted by atomic mass is 10.1. The van der Waals surface area contributed by atoms with E-state index in [-0.39, 0.29) is 0 Å². The molecule has 1 fully saturated rings. The van der Waals surface area contributed by atoms with Crippen molar-refractivity contribution in [3.8, 4) is 0 Å². The van der Waals surface area contributed by atoms with Crippen LogP contribution in [0.1, 0.15) is 50.7 Å². The zero-order valence-corrected chi connectivity index (χ0v) is 12.5. The molecule has 1 saturated carbocycles. The van der Waals surface area contributed by atoms with Gasteiger partial charge in [0.2, 0.25) is 0 Å². The summed E-state index contributed by atoms with van der Waals surface area (Å²) in [6.07, 6.45) is 5.53. The van der Waals surface area contributed by atoms with Gasteiger partial charge >= 0.3 is 0 Å². The molecular formula is C17H28N2. The van der Waals surface area contributed by atoms with Crippen LogP contribution in [-0.2, 0) is 13.1 Å². The van der Waals surface area contributed by atoms with Gasteiger partial charge in [-0.25, -0.2) is 0 Å². The second-order valence-corrected chi connectivity index (χ2v) is 5.64. The minimum atomic E-state index is 0.760. The molecule has 0 heterocycles. The Labute approximate surface area is 118 Å². The molecule has 0 radical (unpaired) electrons. The average Bonchev–Trinajstić information content (AvgIpc) is 2.97. The summed E-state index contributed by atoms with van der Waals surface area (Å²) >= 11 is 0. The Morgan fingerprint density at radius 2 is 1.58 bits per heavy atom. The van der Waals surface area contributed by atoms with E-state index in [4.69, 9.17) is 0 Å². The number of hydrogen-bond donors (Lipinski definition) is 1. The fourth-order valence-corrected chi connectivity index (χ4v) is 2.86. The van der Waals surface area contributed by atoms with Gasteiger partial charge in [0.25, 0.3) is 0 Å². The monoisotopic (exact) mass is 260 g/mol. The van der Waals surface area contributed by atoms with Gasteiger partial charge in [-0.2, -0.15) is 0 Å². The first kappa shape index (κ1) is 14.5. The maximum atomic E-state index is 3.67. The molecule has 1 N–H and O–H groups in total. The summed E-state index contributed by atoms with van der Waals surface area (Å²) in [5.74, 6) is 0. The van der Waals surface area contributed by atoms with Crippen molar-refractivity contribution in [3.05, 3.63) is 35.4 Å². The van der Waals surface area contributed by atoms with Gasteiger partial charge in [-0.1, -0.05) is 51.0 Å². The lowest BCUT2D eigenvalue weighted by molar-refractivity contribution is 0.296. The highest BCUT2D eigenvalue weighted by Crippen LogP contribution is 2.18. The topological polar surface area (TPSA) is 15.3 Å². The maximum Gasteiger partial charge on any atom is 0.0233 e. The van der Waals surface area contributed by atoms with Gasteiger partial charge in [-0.15, -0.1) is 0 Å². The molecule has 1 aliphatic rings. The van der Waals surface area contributed by atoms with Crippen molar-refractivity contribution in [2.45, 2.75) is 58.7 Å². The number of benzene rings is 1. The van der Waals surface area contributed by atoms with E-state index >= 15 is 0 Å². The van der Waals surface area contributed by atoms with Crippen LogP contribution in [-0.4, -0.2) is 24.0 Å². The van der Waals surface area contributed by atoms with Crippen molar-refractivity contribution in [2.75, 3.05) is 13.1 Å². The second-order valence-electron chi connectivity index (χ2n) is 5.64. The van der Waals surface area contributed by atoms with E-state index in [1.165, 1.54) is 36.8 Å². The third-order valence-corrected chi connectivity index (χ3v) is 4.27. The molecule has 0 atom stereocenters. The molecule has 1 aromatic rings. The van der Waals surface area contributed by atoms with Crippen molar-refractivity contribution in [1.82, 2.24) is 10.2 Å². The van der Waals surface area contributed by atoms with E-state index in [0.29, 0.717) is 0 Å². The molecule has 2 nitrogen and oxygen atoms in total. The molecule has 0 unspecified atom stereocenters. The van der Waals surface area contributed by atoms with Gasteiger partial charge in [0.1, 0.15) is 0 Å². The summed E-state index contributed by atoms with van der Waals surface area (Å²) in [6, 6.07) is 9.88. The number of hydrogen-bond acceptors (Lipinski definition) is 2. The lowest BCUT2D eigenvalue weighted by Gasteiger charge is -2.18. The minimum Gasteiger partial charge on any atom is -0.310 e. The summed E-state index contributed by atoms with van der Waals surface area (Å²) in [7, 11) is 0. The van der Waals surface area contributed by atoms with Gasteiger partial charge < -0.3 is 5.32 Å².